The van der Waals surface area contributed by atoms with E-state index in [2.05, 4.69) is 43.5 Å². The number of hydrogen-bond donors (Lipinski definition) is 1. The zero-order valence-corrected chi connectivity index (χ0v) is 11.1. The number of nitrogens with zero attached hydrogens (tertiary/aromatic N) is 1. The summed E-state index contributed by atoms with van der Waals surface area (Å²) in [6.07, 6.45) is 2.13. The van der Waals surface area contributed by atoms with Crippen molar-refractivity contribution in [3.63, 3.8) is 0 Å². The molecule has 0 saturated carbocycles. The Labute approximate surface area is 103 Å². The fourth-order valence-electron chi connectivity index (χ4n) is 2.59. The van der Waals surface area contributed by atoms with Gasteiger partial charge in [-0.1, -0.05) is 25.1 Å². The molecule has 1 aromatic carbocycles. The normalized spacial score (nSPS) is 11.3. The van der Waals surface area contributed by atoms with Crippen molar-refractivity contribution in [3.8, 4) is 0 Å². The third kappa shape index (κ3) is 1.98. The zero-order valence-electron chi connectivity index (χ0n) is 11.1. The molecule has 17 heavy (non-hydrogen) atoms. The Bertz CT molecular complexity index is 523. The lowest BCUT2D eigenvalue weighted by molar-refractivity contribution is 0.653. The van der Waals surface area contributed by atoms with Crippen LogP contribution in [0.1, 0.15) is 30.2 Å². The predicted molar refractivity (Wildman–Crippen MR) is 74.5 cm³/mol. The monoisotopic (exact) mass is 230 g/mol. The molecule has 0 bridgehead atoms. The van der Waals surface area contributed by atoms with Gasteiger partial charge >= 0.3 is 0 Å². The van der Waals surface area contributed by atoms with Crippen molar-refractivity contribution in [2.75, 3.05) is 6.54 Å². The summed E-state index contributed by atoms with van der Waals surface area (Å²) >= 11 is 0. The highest BCUT2D eigenvalue weighted by Gasteiger charge is 2.12. The van der Waals surface area contributed by atoms with Gasteiger partial charge in [-0.3, -0.25) is 0 Å². The Morgan fingerprint density at radius 1 is 1.24 bits per heavy atom. The summed E-state index contributed by atoms with van der Waals surface area (Å²) < 4.78 is 2.44. The summed E-state index contributed by atoms with van der Waals surface area (Å²) in [4.78, 5) is 0. The molecule has 0 saturated heterocycles. The van der Waals surface area contributed by atoms with Crippen molar-refractivity contribution in [1.29, 1.82) is 0 Å². The van der Waals surface area contributed by atoms with Gasteiger partial charge in [0.1, 0.15) is 0 Å². The van der Waals surface area contributed by atoms with E-state index in [1.807, 2.05) is 0 Å². The zero-order chi connectivity index (χ0) is 12.4. The van der Waals surface area contributed by atoms with E-state index in [-0.39, 0.29) is 0 Å². The minimum absolute atomic E-state index is 0.756. The van der Waals surface area contributed by atoms with E-state index in [1.165, 1.54) is 27.7 Å². The Morgan fingerprint density at radius 3 is 2.65 bits per heavy atom. The number of nitrogens with two attached hydrogens (primary N) is 1. The molecular formula is C15H22N2. The average Bonchev–Trinajstić information content (AvgIpc) is 2.60. The van der Waals surface area contributed by atoms with Gasteiger partial charge in [-0.15, -0.1) is 0 Å². The quantitative estimate of drug-likeness (QED) is 0.859. The Morgan fingerprint density at radius 2 is 2.00 bits per heavy atom. The van der Waals surface area contributed by atoms with E-state index < -0.39 is 0 Å². The summed E-state index contributed by atoms with van der Waals surface area (Å²) in [5.41, 5.74) is 11.3. The molecule has 0 radical (unpaired) electrons. The van der Waals surface area contributed by atoms with Crippen LogP contribution in [-0.2, 0) is 13.0 Å². The van der Waals surface area contributed by atoms with E-state index in [0.717, 1.165) is 25.9 Å². The van der Waals surface area contributed by atoms with Crippen LogP contribution in [0.2, 0.25) is 0 Å². The summed E-state index contributed by atoms with van der Waals surface area (Å²) in [5, 5.41) is 1.40. The lowest BCUT2D eigenvalue weighted by atomic mass is 10.1. The van der Waals surface area contributed by atoms with Crippen molar-refractivity contribution >= 4 is 10.9 Å². The van der Waals surface area contributed by atoms with Crippen molar-refractivity contribution < 1.29 is 0 Å². The van der Waals surface area contributed by atoms with Gasteiger partial charge in [0.15, 0.2) is 0 Å². The Balaban J connectivity index is 2.67. The molecule has 2 heteroatoms. The number of aromatic nitrogens is 1. The fourth-order valence-corrected chi connectivity index (χ4v) is 2.59. The molecule has 0 aliphatic heterocycles. The third-order valence-electron chi connectivity index (χ3n) is 3.71. The molecule has 0 unspecified atom stereocenters. The van der Waals surface area contributed by atoms with Crippen molar-refractivity contribution in [3.05, 3.63) is 35.0 Å². The van der Waals surface area contributed by atoms with Crippen LogP contribution in [0.3, 0.4) is 0 Å². The molecule has 1 heterocycles. The average molecular weight is 230 g/mol. The molecule has 0 aliphatic carbocycles. The number of rotatable bonds is 4. The van der Waals surface area contributed by atoms with Crippen LogP contribution in [-0.4, -0.2) is 11.1 Å². The van der Waals surface area contributed by atoms with Crippen LogP contribution in [0, 0.1) is 13.8 Å². The first-order valence-corrected chi connectivity index (χ1v) is 6.48. The van der Waals surface area contributed by atoms with Gasteiger partial charge in [-0.05, 0) is 44.4 Å². The third-order valence-corrected chi connectivity index (χ3v) is 3.71. The standard InChI is InChI=1S/C15H22N2/c1-4-13-7-5-8-14-11(2)12(3)17(15(13)14)10-6-9-16/h5,7-8H,4,6,9-10,16H2,1-3H3. The smallest absolute Gasteiger partial charge is 0.0517 e. The minimum atomic E-state index is 0.756. The summed E-state index contributed by atoms with van der Waals surface area (Å²) in [5.74, 6) is 0. The summed E-state index contributed by atoms with van der Waals surface area (Å²) in [6, 6.07) is 6.64. The molecule has 1 aromatic heterocycles. The second-order valence-corrected chi connectivity index (χ2v) is 4.67. The first-order chi connectivity index (χ1) is 8.20. The van der Waals surface area contributed by atoms with Gasteiger partial charge in [-0.25, -0.2) is 0 Å². The topological polar surface area (TPSA) is 30.9 Å². The maximum atomic E-state index is 5.63. The van der Waals surface area contributed by atoms with Gasteiger partial charge in [0, 0.05) is 17.6 Å². The molecule has 0 spiro atoms. The fraction of sp³-hybridized carbons (Fsp3) is 0.467. The van der Waals surface area contributed by atoms with Gasteiger partial charge in [0.25, 0.3) is 0 Å². The number of benzene rings is 1. The van der Waals surface area contributed by atoms with Crippen LogP contribution in [0.15, 0.2) is 18.2 Å². The predicted octanol–water partition coefficient (Wildman–Crippen LogP) is 3.17. The van der Waals surface area contributed by atoms with Crippen molar-refractivity contribution in [1.82, 2.24) is 4.57 Å². The van der Waals surface area contributed by atoms with Gasteiger partial charge in [-0.2, -0.15) is 0 Å². The molecule has 2 N–H and O–H groups in total. The van der Waals surface area contributed by atoms with E-state index in [1.54, 1.807) is 0 Å². The highest BCUT2D eigenvalue weighted by Crippen LogP contribution is 2.28. The second kappa shape index (κ2) is 4.92. The van der Waals surface area contributed by atoms with E-state index >= 15 is 0 Å². The number of hydrogen-bond acceptors (Lipinski definition) is 1. The van der Waals surface area contributed by atoms with Crippen LogP contribution >= 0.6 is 0 Å². The van der Waals surface area contributed by atoms with Crippen molar-refractivity contribution in [2.24, 2.45) is 5.73 Å². The van der Waals surface area contributed by atoms with E-state index in [4.69, 9.17) is 5.73 Å². The number of fused-ring (bicyclic) bond motifs is 1. The van der Waals surface area contributed by atoms with E-state index in [0.29, 0.717) is 0 Å². The SMILES string of the molecule is CCc1cccc2c(C)c(C)n(CCCN)c12. The second-order valence-electron chi connectivity index (χ2n) is 4.67. The van der Waals surface area contributed by atoms with E-state index in [9.17, 15) is 0 Å². The first kappa shape index (κ1) is 12.2. The molecule has 2 rings (SSSR count). The molecular weight excluding hydrogens is 208 g/mol. The summed E-state index contributed by atoms with van der Waals surface area (Å²) in [6.45, 7) is 8.44. The summed E-state index contributed by atoms with van der Waals surface area (Å²) in [7, 11) is 0. The maximum Gasteiger partial charge on any atom is 0.0517 e. The molecule has 2 aromatic rings. The Hall–Kier alpha value is -1.28. The molecule has 0 atom stereocenters. The van der Waals surface area contributed by atoms with Crippen molar-refractivity contribution in [2.45, 2.75) is 40.2 Å². The van der Waals surface area contributed by atoms with Crippen LogP contribution in [0.4, 0.5) is 0 Å². The van der Waals surface area contributed by atoms with Crippen LogP contribution in [0.25, 0.3) is 10.9 Å². The molecule has 2 nitrogen and oxygen atoms in total. The lowest BCUT2D eigenvalue weighted by Gasteiger charge is -2.10. The molecule has 92 valence electrons. The molecule has 0 amide bonds. The first-order valence-electron chi connectivity index (χ1n) is 6.48. The minimum Gasteiger partial charge on any atom is -0.344 e. The molecule has 0 aliphatic rings. The maximum absolute atomic E-state index is 5.63. The highest BCUT2D eigenvalue weighted by atomic mass is 15.0. The Kier molecular flexibility index (Phi) is 3.53. The highest BCUT2D eigenvalue weighted by molar-refractivity contribution is 5.88. The van der Waals surface area contributed by atoms with Crippen LogP contribution < -0.4 is 5.73 Å². The largest absolute Gasteiger partial charge is 0.344 e. The molecule has 0 fully saturated rings. The lowest BCUT2D eigenvalue weighted by Crippen LogP contribution is -2.07. The van der Waals surface area contributed by atoms with Gasteiger partial charge in [0.05, 0.1) is 5.52 Å². The van der Waals surface area contributed by atoms with Gasteiger partial charge in [0.2, 0.25) is 0 Å². The number of aryl methyl sites for hydroxylation is 3. The van der Waals surface area contributed by atoms with Gasteiger partial charge < -0.3 is 10.3 Å². The number of para-hydroxylation sites is 1. The van der Waals surface area contributed by atoms with Crippen LogP contribution in [0.5, 0.6) is 0 Å².